The van der Waals surface area contributed by atoms with E-state index >= 15 is 0 Å². The van der Waals surface area contributed by atoms with Crippen LogP contribution in [0.4, 0.5) is 0 Å². The fraction of sp³-hybridized carbons (Fsp3) is 0.400. The minimum atomic E-state index is -3.02. The topological polar surface area (TPSA) is 64.3 Å². The highest BCUT2D eigenvalue weighted by Gasteiger charge is 2.35. The molecule has 0 saturated carbocycles. The second-order valence-corrected chi connectivity index (χ2v) is 6.29. The lowest BCUT2D eigenvalue weighted by Gasteiger charge is -2.06. The number of pyridine rings is 1. The Kier molecular flexibility index (Phi) is 2.00. The maximum Gasteiger partial charge on any atom is 0.160 e. The lowest BCUT2D eigenvalue weighted by Crippen LogP contribution is -2.11. The summed E-state index contributed by atoms with van der Waals surface area (Å²) in [6.45, 7) is 0. The summed E-state index contributed by atoms with van der Waals surface area (Å²) in [5.41, 5.74) is 0.694. The van der Waals surface area contributed by atoms with Gasteiger partial charge in [-0.1, -0.05) is 6.07 Å². The molecule has 1 unspecified atom stereocenters. The standard InChI is InChI=1S/C10H11N3O2S/c14-16(15)7-3-4-8(16)10-12-11-9-5-1-2-6-13(9)10/h1-2,5-6,8H,3-4,7H2. The molecule has 0 aliphatic carbocycles. The van der Waals surface area contributed by atoms with Crippen LogP contribution in [0.25, 0.3) is 5.65 Å². The van der Waals surface area contributed by atoms with E-state index in [2.05, 4.69) is 10.2 Å². The van der Waals surface area contributed by atoms with Crippen LogP contribution < -0.4 is 0 Å². The highest BCUT2D eigenvalue weighted by molar-refractivity contribution is 7.91. The fourth-order valence-electron chi connectivity index (χ4n) is 2.16. The molecular formula is C10H11N3O2S. The van der Waals surface area contributed by atoms with E-state index in [9.17, 15) is 8.42 Å². The number of rotatable bonds is 1. The Labute approximate surface area is 93.0 Å². The van der Waals surface area contributed by atoms with E-state index in [1.54, 1.807) is 10.6 Å². The van der Waals surface area contributed by atoms with E-state index in [0.29, 0.717) is 17.9 Å². The Bertz CT molecular complexity index is 632. The monoisotopic (exact) mass is 237 g/mol. The van der Waals surface area contributed by atoms with E-state index in [1.165, 1.54) is 0 Å². The minimum Gasteiger partial charge on any atom is -0.285 e. The molecule has 0 spiro atoms. The fourth-order valence-corrected chi connectivity index (χ4v) is 4.02. The van der Waals surface area contributed by atoms with Gasteiger partial charge in [-0.25, -0.2) is 8.42 Å². The maximum atomic E-state index is 11.8. The molecular weight excluding hydrogens is 226 g/mol. The van der Waals surface area contributed by atoms with Gasteiger partial charge in [-0.2, -0.15) is 0 Å². The molecule has 16 heavy (non-hydrogen) atoms. The minimum absolute atomic E-state index is 0.263. The normalized spacial score (nSPS) is 23.9. The zero-order chi connectivity index (χ0) is 11.2. The Morgan fingerprint density at radius 2 is 2.19 bits per heavy atom. The first-order chi connectivity index (χ1) is 7.68. The van der Waals surface area contributed by atoms with Crippen molar-refractivity contribution in [2.24, 2.45) is 0 Å². The molecule has 0 amide bonds. The third-order valence-corrected chi connectivity index (χ3v) is 5.13. The predicted molar refractivity (Wildman–Crippen MR) is 58.7 cm³/mol. The molecule has 1 aliphatic rings. The second-order valence-electron chi connectivity index (χ2n) is 3.98. The first-order valence-electron chi connectivity index (χ1n) is 5.20. The van der Waals surface area contributed by atoms with E-state index in [4.69, 9.17) is 0 Å². The number of hydrogen-bond donors (Lipinski definition) is 0. The van der Waals surface area contributed by atoms with Crippen molar-refractivity contribution in [3.05, 3.63) is 30.2 Å². The third kappa shape index (κ3) is 1.33. The van der Waals surface area contributed by atoms with Crippen molar-refractivity contribution in [2.75, 3.05) is 5.75 Å². The Morgan fingerprint density at radius 3 is 2.94 bits per heavy atom. The van der Waals surface area contributed by atoms with Crippen LogP contribution in [0.5, 0.6) is 0 Å². The van der Waals surface area contributed by atoms with Crippen LogP contribution in [0, 0.1) is 0 Å². The van der Waals surface area contributed by atoms with Gasteiger partial charge >= 0.3 is 0 Å². The SMILES string of the molecule is O=S1(=O)CCCC1c1nnc2ccccn12. The third-order valence-electron chi connectivity index (χ3n) is 2.96. The Morgan fingerprint density at radius 1 is 1.31 bits per heavy atom. The number of sulfone groups is 1. The molecule has 1 aliphatic heterocycles. The molecule has 5 nitrogen and oxygen atoms in total. The summed E-state index contributed by atoms with van der Waals surface area (Å²) in [5, 5.41) is 7.50. The molecule has 6 heteroatoms. The smallest absolute Gasteiger partial charge is 0.160 e. The summed E-state index contributed by atoms with van der Waals surface area (Å²) in [6.07, 6.45) is 3.17. The van der Waals surface area contributed by atoms with Gasteiger partial charge in [0, 0.05) is 6.20 Å². The molecule has 2 aromatic rings. The number of fused-ring (bicyclic) bond motifs is 1. The van der Waals surface area contributed by atoms with Gasteiger partial charge in [-0.3, -0.25) is 4.40 Å². The molecule has 0 N–H and O–H groups in total. The van der Waals surface area contributed by atoms with E-state index in [1.807, 2.05) is 18.2 Å². The molecule has 1 fully saturated rings. The maximum absolute atomic E-state index is 11.8. The molecule has 3 rings (SSSR count). The largest absolute Gasteiger partial charge is 0.285 e. The molecule has 0 radical (unpaired) electrons. The molecule has 0 aromatic carbocycles. The van der Waals surface area contributed by atoms with Crippen LogP contribution in [0.1, 0.15) is 23.9 Å². The highest BCUT2D eigenvalue weighted by Crippen LogP contribution is 2.33. The van der Waals surface area contributed by atoms with Crippen LogP contribution >= 0.6 is 0 Å². The summed E-state index contributed by atoms with van der Waals surface area (Å²) in [6, 6.07) is 5.52. The molecule has 0 bridgehead atoms. The van der Waals surface area contributed by atoms with Gasteiger partial charge in [-0.05, 0) is 25.0 Å². The zero-order valence-corrected chi connectivity index (χ0v) is 9.39. The van der Waals surface area contributed by atoms with Crippen molar-refractivity contribution >= 4 is 15.5 Å². The van der Waals surface area contributed by atoms with Crippen LogP contribution in [-0.2, 0) is 9.84 Å². The van der Waals surface area contributed by atoms with E-state index < -0.39 is 15.1 Å². The van der Waals surface area contributed by atoms with Crippen molar-refractivity contribution in [3.63, 3.8) is 0 Å². The van der Waals surface area contributed by atoms with Gasteiger partial charge in [0.05, 0.1) is 5.75 Å². The van der Waals surface area contributed by atoms with Gasteiger partial charge in [0.15, 0.2) is 21.3 Å². The van der Waals surface area contributed by atoms with E-state index in [-0.39, 0.29) is 5.75 Å². The van der Waals surface area contributed by atoms with Crippen molar-refractivity contribution in [1.82, 2.24) is 14.6 Å². The average Bonchev–Trinajstić information content (AvgIpc) is 2.81. The molecule has 2 aromatic heterocycles. The quantitative estimate of drug-likeness (QED) is 0.741. The van der Waals surface area contributed by atoms with Crippen LogP contribution in [0.3, 0.4) is 0 Å². The Hall–Kier alpha value is -1.43. The van der Waals surface area contributed by atoms with Crippen molar-refractivity contribution in [1.29, 1.82) is 0 Å². The lowest BCUT2D eigenvalue weighted by molar-refractivity contribution is 0.588. The van der Waals surface area contributed by atoms with E-state index in [0.717, 1.165) is 6.42 Å². The summed E-state index contributed by atoms with van der Waals surface area (Å²) >= 11 is 0. The molecule has 3 heterocycles. The number of nitrogens with zero attached hydrogens (tertiary/aromatic N) is 3. The van der Waals surface area contributed by atoms with Crippen LogP contribution in [0.2, 0.25) is 0 Å². The summed E-state index contributed by atoms with van der Waals surface area (Å²) in [5.74, 6) is 0.812. The second kappa shape index (κ2) is 3.28. The van der Waals surface area contributed by atoms with Crippen molar-refractivity contribution in [2.45, 2.75) is 18.1 Å². The van der Waals surface area contributed by atoms with Crippen molar-refractivity contribution < 1.29 is 8.42 Å². The zero-order valence-electron chi connectivity index (χ0n) is 8.57. The van der Waals surface area contributed by atoms with Crippen molar-refractivity contribution in [3.8, 4) is 0 Å². The highest BCUT2D eigenvalue weighted by atomic mass is 32.2. The number of hydrogen-bond acceptors (Lipinski definition) is 4. The van der Waals surface area contributed by atoms with Gasteiger partial charge in [-0.15, -0.1) is 10.2 Å². The predicted octanol–water partition coefficient (Wildman–Crippen LogP) is 0.979. The summed E-state index contributed by atoms with van der Waals surface area (Å²) in [4.78, 5) is 0. The Balaban J connectivity index is 2.20. The van der Waals surface area contributed by atoms with Gasteiger partial charge in [0.25, 0.3) is 0 Å². The van der Waals surface area contributed by atoms with Crippen LogP contribution in [0.15, 0.2) is 24.4 Å². The van der Waals surface area contributed by atoms with Crippen LogP contribution in [-0.4, -0.2) is 28.8 Å². The summed E-state index contributed by atoms with van der Waals surface area (Å²) in [7, 11) is -3.02. The summed E-state index contributed by atoms with van der Waals surface area (Å²) < 4.78 is 25.4. The number of aromatic nitrogens is 3. The molecule has 1 saturated heterocycles. The molecule has 84 valence electrons. The first-order valence-corrected chi connectivity index (χ1v) is 6.91. The average molecular weight is 237 g/mol. The molecule has 1 atom stereocenters. The lowest BCUT2D eigenvalue weighted by atomic mass is 10.2. The van der Waals surface area contributed by atoms with Gasteiger partial charge < -0.3 is 0 Å². The first kappa shape index (κ1) is 9.77. The van der Waals surface area contributed by atoms with Gasteiger partial charge in [0.1, 0.15) is 5.25 Å². The van der Waals surface area contributed by atoms with Gasteiger partial charge in [0.2, 0.25) is 0 Å².